The van der Waals surface area contributed by atoms with Gasteiger partial charge in [0, 0.05) is 36.4 Å². The summed E-state index contributed by atoms with van der Waals surface area (Å²) in [7, 11) is 0. The number of piperidine rings is 1. The molecule has 5 heteroatoms. The van der Waals surface area contributed by atoms with E-state index in [1.807, 2.05) is 11.8 Å². The molecule has 1 saturated heterocycles. The first-order valence-corrected chi connectivity index (χ1v) is 7.60. The Kier molecular flexibility index (Phi) is 5.20. The van der Waals surface area contributed by atoms with Crippen molar-refractivity contribution < 1.29 is 9.59 Å². The fourth-order valence-electron chi connectivity index (χ4n) is 2.53. The van der Waals surface area contributed by atoms with E-state index in [0.717, 1.165) is 32.4 Å². The number of nitrogens with one attached hydrogen (secondary N) is 1. The average Bonchev–Trinajstić information content (AvgIpc) is 2.52. The predicted molar refractivity (Wildman–Crippen MR) is 83.2 cm³/mol. The van der Waals surface area contributed by atoms with Crippen molar-refractivity contribution in [1.82, 2.24) is 10.2 Å². The molecule has 0 atom stereocenters. The van der Waals surface area contributed by atoms with Crippen molar-refractivity contribution in [2.45, 2.75) is 32.6 Å². The lowest BCUT2D eigenvalue weighted by Gasteiger charge is -2.27. The van der Waals surface area contributed by atoms with Crippen molar-refractivity contribution in [3.63, 3.8) is 0 Å². The topological polar surface area (TPSA) is 75.4 Å². The lowest BCUT2D eigenvalue weighted by atomic mass is 10.1. The van der Waals surface area contributed by atoms with Crippen LogP contribution in [0.5, 0.6) is 0 Å². The summed E-state index contributed by atoms with van der Waals surface area (Å²) in [5.74, 6) is -0.219. The minimum atomic E-state index is -0.183. The maximum Gasteiger partial charge on any atom is 0.253 e. The number of amides is 2. The van der Waals surface area contributed by atoms with E-state index in [4.69, 9.17) is 5.73 Å². The Morgan fingerprint density at radius 2 is 1.81 bits per heavy atom. The zero-order valence-corrected chi connectivity index (χ0v) is 12.5. The third-order valence-electron chi connectivity index (χ3n) is 3.64. The second-order valence-corrected chi connectivity index (χ2v) is 5.45. The maximum atomic E-state index is 12.5. The summed E-state index contributed by atoms with van der Waals surface area (Å²) in [6.45, 7) is 4.17. The first-order chi connectivity index (χ1) is 10.1. The van der Waals surface area contributed by atoms with E-state index in [1.165, 1.54) is 6.42 Å². The highest BCUT2D eigenvalue weighted by atomic mass is 16.2. The van der Waals surface area contributed by atoms with Gasteiger partial charge in [-0.05, 0) is 43.9 Å². The fourth-order valence-corrected chi connectivity index (χ4v) is 2.53. The third-order valence-corrected chi connectivity index (χ3v) is 3.64. The third kappa shape index (κ3) is 3.97. The monoisotopic (exact) mass is 289 g/mol. The Labute approximate surface area is 125 Å². The van der Waals surface area contributed by atoms with Crippen molar-refractivity contribution in [2.75, 3.05) is 25.4 Å². The van der Waals surface area contributed by atoms with Gasteiger partial charge in [0.25, 0.3) is 11.8 Å². The van der Waals surface area contributed by atoms with Crippen LogP contribution < -0.4 is 11.1 Å². The zero-order valence-electron chi connectivity index (χ0n) is 12.5. The normalized spacial score (nSPS) is 14.8. The van der Waals surface area contributed by atoms with Crippen molar-refractivity contribution in [2.24, 2.45) is 0 Å². The van der Waals surface area contributed by atoms with E-state index in [9.17, 15) is 9.59 Å². The first kappa shape index (κ1) is 15.4. The molecule has 1 heterocycles. The summed E-state index contributed by atoms with van der Waals surface area (Å²) in [5.41, 5.74) is 7.23. The Balaban J connectivity index is 2.17. The number of carbonyl (C=O) groups is 2. The van der Waals surface area contributed by atoms with Crippen molar-refractivity contribution >= 4 is 17.5 Å². The molecule has 2 rings (SSSR count). The van der Waals surface area contributed by atoms with Crippen LogP contribution in [-0.2, 0) is 0 Å². The molecule has 21 heavy (non-hydrogen) atoms. The van der Waals surface area contributed by atoms with Gasteiger partial charge in [0.2, 0.25) is 0 Å². The molecule has 114 valence electrons. The van der Waals surface area contributed by atoms with Gasteiger partial charge < -0.3 is 16.0 Å². The van der Waals surface area contributed by atoms with Crippen LogP contribution in [0.1, 0.15) is 53.3 Å². The first-order valence-electron chi connectivity index (χ1n) is 7.60. The van der Waals surface area contributed by atoms with Crippen LogP contribution >= 0.6 is 0 Å². The van der Waals surface area contributed by atoms with Gasteiger partial charge in [0.15, 0.2) is 0 Å². The number of carbonyl (C=O) groups excluding carboxylic acids is 2. The molecule has 0 bridgehead atoms. The number of nitrogen functional groups attached to an aromatic ring is 1. The van der Waals surface area contributed by atoms with Crippen molar-refractivity contribution in [3.8, 4) is 0 Å². The van der Waals surface area contributed by atoms with Crippen molar-refractivity contribution in [3.05, 3.63) is 29.3 Å². The number of benzene rings is 1. The summed E-state index contributed by atoms with van der Waals surface area (Å²) in [6.07, 6.45) is 4.12. The van der Waals surface area contributed by atoms with Crippen LogP contribution in [0.15, 0.2) is 18.2 Å². The smallest absolute Gasteiger partial charge is 0.253 e. The maximum absolute atomic E-state index is 12.5. The zero-order chi connectivity index (χ0) is 15.2. The largest absolute Gasteiger partial charge is 0.399 e. The number of nitrogens with zero attached hydrogens (tertiary/aromatic N) is 1. The van der Waals surface area contributed by atoms with Crippen LogP contribution in [0, 0.1) is 0 Å². The number of rotatable bonds is 4. The molecule has 3 N–H and O–H groups in total. The molecule has 1 aromatic carbocycles. The number of hydrogen-bond acceptors (Lipinski definition) is 3. The summed E-state index contributed by atoms with van der Waals surface area (Å²) >= 11 is 0. The van der Waals surface area contributed by atoms with Crippen molar-refractivity contribution in [1.29, 1.82) is 0 Å². The molecule has 0 aliphatic carbocycles. The lowest BCUT2D eigenvalue weighted by Crippen LogP contribution is -2.35. The Morgan fingerprint density at radius 3 is 2.48 bits per heavy atom. The van der Waals surface area contributed by atoms with Gasteiger partial charge in [-0.15, -0.1) is 0 Å². The minimum absolute atomic E-state index is 0.0356. The molecule has 0 unspecified atom stereocenters. The minimum Gasteiger partial charge on any atom is -0.399 e. The molecule has 1 aliphatic heterocycles. The quantitative estimate of drug-likeness (QED) is 0.833. The van der Waals surface area contributed by atoms with Gasteiger partial charge in [-0.1, -0.05) is 6.92 Å². The second kappa shape index (κ2) is 7.11. The number of nitrogens with two attached hydrogens (primary N) is 1. The summed E-state index contributed by atoms with van der Waals surface area (Å²) in [4.78, 5) is 26.3. The van der Waals surface area contributed by atoms with Gasteiger partial charge in [-0.25, -0.2) is 0 Å². The van der Waals surface area contributed by atoms with Crippen LogP contribution in [-0.4, -0.2) is 36.3 Å². The average molecular weight is 289 g/mol. The summed E-state index contributed by atoms with van der Waals surface area (Å²) in [6, 6.07) is 4.89. The van der Waals surface area contributed by atoms with E-state index < -0.39 is 0 Å². The Hall–Kier alpha value is -2.04. The van der Waals surface area contributed by atoms with Crippen LogP contribution in [0.3, 0.4) is 0 Å². The standard InChI is InChI=1S/C16H23N3O2/c1-2-6-18-15(20)12-9-13(11-14(17)10-12)16(21)19-7-4-3-5-8-19/h9-11H,2-8,17H2,1H3,(H,18,20). The SMILES string of the molecule is CCCNC(=O)c1cc(N)cc(C(=O)N2CCCCC2)c1. The van der Waals surface area contributed by atoms with Gasteiger partial charge in [-0.2, -0.15) is 0 Å². The highest BCUT2D eigenvalue weighted by Crippen LogP contribution is 2.17. The fraction of sp³-hybridized carbons (Fsp3) is 0.500. The molecule has 0 spiro atoms. The second-order valence-electron chi connectivity index (χ2n) is 5.45. The summed E-state index contributed by atoms with van der Waals surface area (Å²) < 4.78 is 0. The van der Waals surface area contributed by atoms with Crippen LogP contribution in [0.4, 0.5) is 5.69 Å². The van der Waals surface area contributed by atoms with E-state index in [1.54, 1.807) is 18.2 Å². The number of hydrogen-bond donors (Lipinski definition) is 2. The van der Waals surface area contributed by atoms with Crippen LogP contribution in [0.25, 0.3) is 0 Å². The van der Waals surface area contributed by atoms with Gasteiger partial charge in [-0.3, -0.25) is 9.59 Å². The van der Waals surface area contributed by atoms with Crippen LogP contribution in [0.2, 0.25) is 0 Å². The molecule has 1 aromatic rings. The lowest BCUT2D eigenvalue weighted by molar-refractivity contribution is 0.0724. The molecule has 1 aliphatic rings. The highest BCUT2D eigenvalue weighted by Gasteiger charge is 2.19. The van der Waals surface area contributed by atoms with E-state index in [-0.39, 0.29) is 11.8 Å². The molecule has 2 amide bonds. The highest BCUT2D eigenvalue weighted by molar-refractivity contribution is 6.01. The number of likely N-dealkylation sites (tertiary alicyclic amines) is 1. The van der Waals surface area contributed by atoms with E-state index in [2.05, 4.69) is 5.32 Å². The van der Waals surface area contributed by atoms with Gasteiger partial charge >= 0.3 is 0 Å². The summed E-state index contributed by atoms with van der Waals surface area (Å²) in [5, 5.41) is 2.80. The molecule has 1 fully saturated rings. The Morgan fingerprint density at radius 1 is 1.14 bits per heavy atom. The van der Waals surface area contributed by atoms with E-state index in [0.29, 0.717) is 23.4 Å². The Bertz CT molecular complexity index is 522. The van der Waals surface area contributed by atoms with Gasteiger partial charge in [0.05, 0.1) is 0 Å². The molecule has 0 saturated carbocycles. The molecular weight excluding hydrogens is 266 g/mol. The molecule has 0 aromatic heterocycles. The van der Waals surface area contributed by atoms with Gasteiger partial charge in [0.1, 0.15) is 0 Å². The molecule has 0 radical (unpaired) electrons. The molecule has 5 nitrogen and oxygen atoms in total. The van der Waals surface area contributed by atoms with E-state index >= 15 is 0 Å². The predicted octanol–water partition coefficient (Wildman–Crippen LogP) is 2.03. The molecular formula is C16H23N3O2. The number of anilines is 1.